The second kappa shape index (κ2) is 13.9. The van der Waals surface area contributed by atoms with Gasteiger partial charge in [0.05, 0.1) is 29.8 Å². The molecule has 1 saturated carbocycles. The van der Waals surface area contributed by atoms with Gasteiger partial charge in [0.25, 0.3) is 10.0 Å². The van der Waals surface area contributed by atoms with E-state index >= 15 is 0 Å². The summed E-state index contributed by atoms with van der Waals surface area (Å²) in [6.07, 6.45) is 3.88. The third-order valence-electron chi connectivity index (χ3n) is 7.41. The van der Waals surface area contributed by atoms with Gasteiger partial charge in [-0.3, -0.25) is 13.9 Å². The van der Waals surface area contributed by atoms with Crippen LogP contribution in [-0.2, 0) is 26.2 Å². The van der Waals surface area contributed by atoms with Crippen LogP contribution in [0.2, 0.25) is 5.02 Å². The summed E-state index contributed by atoms with van der Waals surface area (Å²) in [5, 5.41) is 3.25. The second-order valence-corrected chi connectivity index (χ2v) is 12.4. The normalized spacial score (nSPS) is 14.2. The first kappa shape index (κ1) is 31.2. The van der Waals surface area contributed by atoms with Crippen LogP contribution in [0.5, 0.6) is 11.5 Å². The summed E-state index contributed by atoms with van der Waals surface area (Å²) in [7, 11) is -1.18. The molecule has 0 saturated heterocycles. The maximum absolute atomic E-state index is 14.1. The van der Waals surface area contributed by atoms with E-state index in [0.29, 0.717) is 11.5 Å². The van der Waals surface area contributed by atoms with Gasteiger partial charge in [0.2, 0.25) is 11.8 Å². The van der Waals surface area contributed by atoms with Gasteiger partial charge in [0.1, 0.15) is 24.1 Å². The molecule has 0 heterocycles. The molecule has 224 valence electrons. The molecular weight excluding hydrogens is 578 g/mol. The maximum Gasteiger partial charge on any atom is 0.264 e. The second-order valence-electron chi connectivity index (χ2n) is 10.2. The van der Waals surface area contributed by atoms with Crippen molar-refractivity contribution in [3.63, 3.8) is 0 Å². The summed E-state index contributed by atoms with van der Waals surface area (Å²) in [5.41, 5.74) is 0.945. The number of hydrogen-bond donors (Lipinski definition) is 1. The Balaban J connectivity index is 1.70. The molecule has 0 spiro atoms. The van der Waals surface area contributed by atoms with E-state index in [4.69, 9.17) is 21.1 Å². The molecule has 9 nitrogen and oxygen atoms in total. The smallest absolute Gasteiger partial charge is 0.264 e. The maximum atomic E-state index is 14.1. The van der Waals surface area contributed by atoms with Crippen molar-refractivity contribution >= 4 is 39.1 Å². The van der Waals surface area contributed by atoms with Gasteiger partial charge in [-0.15, -0.1) is 0 Å². The Morgan fingerprint density at radius 2 is 1.64 bits per heavy atom. The number of rotatable bonds is 12. The number of nitrogens with one attached hydrogen (secondary N) is 1. The molecule has 1 fully saturated rings. The molecule has 1 atom stereocenters. The van der Waals surface area contributed by atoms with Crippen molar-refractivity contribution in [3.05, 3.63) is 83.4 Å². The number of hydrogen-bond acceptors (Lipinski definition) is 6. The lowest BCUT2D eigenvalue weighted by Crippen LogP contribution is -2.52. The first-order chi connectivity index (χ1) is 20.1. The number of nitrogens with zero attached hydrogens (tertiary/aromatic N) is 2. The number of sulfonamides is 1. The Bertz CT molecular complexity index is 1480. The zero-order valence-corrected chi connectivity index (χ0v) is 25.5. The number of methoxy groups -OCH3 is 2. The van der Waals surface area contributed by atoms with E-state index in [1.54, 1.807) is 50.4 Å². The molecule has 1 aliphatic carbocycles. The minimum absolute atomic E-state index is 0.0125. The van der Waals surface area contributed by atoms with Gasteiger partial charge in [0, 0.05) is 12.6 Å². The van der Waals surface area contributed by atoms with Crippen molar-refractivity contribution in [2.75, 3.05) is 25.1 Å². The fourth-order valence-corrected chi connectivity index (χ4v) is 6.64. The number of amides is 2. The third-order valence-corrected chi connectivity index (χ3v) is 9.50. The predicted octanol–water partition coefficient (Wildman–Crippen LogP) is 5.03. The van der Waals surface area contributed by atoms with Gasteiger partial charge < -0.3 is 19.7 Å². The van der Waals surface area contributed by atoms with Crippen LogP contribution < -0.4 is 19.1 Å². The highest BCUT2D eigenvalue weighted by atomic mass is 35.5. The standard InChI is InChI=1S/C31H36ClN3O6S/c1-22(31(37)33-24-9-7-8-10-24)34(20-23-13-16-26(40-2)17-14-23)30(36)21-35(25-15-18-29(41-3)28(32)19-25)42(38,39)27-11-5-4-6-12-27/h4-6,11-19,22,24H,7-10,20-21H2,1-3H3,(H,33,37)/t22-/m0/s1. The fraction of sp³-hybridized carbons (Fsp3) is 0.355. The molecule has 0 aromatic heterocycles. The van der Waals surface area contributed by atoms with Gasteiger partial charge in [-0.25, -0.2) is 8.42 Å². The summed E-state index contributed by atoms with van der Waals surface area (Å²) < 4.78 is 39.3. The number of carbonyl (C=O) groups excluding carboxylic acids is 2. The molecule has 4 rings (SSSR count). The largest absolute Gasteiger partial charge is 0.497 e. The van der Waals surface area contributed by atoms with Crippen LogP contribution in [0, 0.1) is 0 Å². The summed E-state index contributed by atoms with van der Waals surface area (Å²) in [4.78, 5) is 28.8. The number of ether oxygens (including phenoxy) is 2. The van der Waals surface area contributed by atoms with E-state index < -0.39 is 28.5 Å². The molecule has 3 aromatic carbocycles. The van der Waals surface area contributed by atoms with Gasteiger partial charge in [-0.2, -0.15) is 0 Å². The van der Waals surface area contributed by atoms with E-state index in [-0.39, 0.29) is 34.1 Å². The first-order valence-corrected chi connectivity index (χ1v) is 15.6. The molecule has 0 bridgehead atoms. The number of anilines is 1. The zero-order chi connectivity index (χ0) is 30.3. The number of benzene rings is 3. The Labute approximate surface area is 252 Å². The Morgan fingerprint density at radius 3 is 2.24 bits per heavy atom. The molecule has 42 heavy (non-hydrogen) atoms. The minimum Gasteiger partial charge on any atom is -0.497 e. The monoisotopic (exact) mass is 613 g/mol. The zero-order valence-electron chi connectivity index (χ0n) is 24.0. The quantitative estimate of drug-likeness (QED) is 0.307. The number of carbonyl (C=O) groups is 2. The van der Waals surface area contributed by atoms with Gasteiger partial charge >= 0.3 is 0 Å². The highest BCUT2D eigenvalue weighted by Gasteiger charge is 2.33. The summed E-state index contributed by atoms with van der Waals surface area (Å²) in [6, 6.07) is 18.7. The summed E-state index contributed by atoms with van der Waals surface area (Å²) in [5.74, 6) is 0.183. The Hall–Kier alpha value is -3.76. The lowest BCUT2D eigenvalue weighted by molar-refractivity contribution is -0.139. The van der Waals surface area contributed by atoms with Crippen LogP contribution in [0.15, 0.2) is 77.7 Å². The average molecular weight is 614 g/mol. The van der Waals surface area contributed by atoms with Crippen LogP contribution in [0.1, 0.15) is 38.2 Å². The third kappa shape index (κ3) is 7.35. The molecular formula is C31H36ClN3O6S. The number of halogens is 1. The van der Waals surface area contributed by atoms with Crippen LogP contribution in [0.3, 0.4) is 0 Å². The van der Waals surface area contributed by atoms with E-state index in [9.17, 15) is 18.0 Å². The lowest BCUT2D eigenvalue weighted by atomic mass is 10.1. The van der Waals surface area contributed by atoms with E-state index in [2.05, 4.69) is 5.32 Å². The molecule has 3 aromatic rings. The van der Waals surface area contributed by atoms with Crippen molar-refractivity contribution in [1.82, 2.24) is 10.2 Å². The van der Waals surface area contributed by atoms with Gasteiger partial charge in [-0.05, 0) is 67.8 Å². The van der Waals surface area contributed by atoms with Crippen molar-refractivity contribution in [1.29, 1.82) is 0 Å². The van der Waals surface area contributed by atoms with Crippen molar-refractivity contribution in [2.45, 2.75) is 56.1 Å². The van der Waals surface area contributed by atoms with Gasteiger partial charge in [0.15, 0.2) is 0 Å². The molecule has 0 radical (unpaired) electrons. The Kier molecular flexibility index (Phi) is 10.3. The molecule has 1 aliphatic rings. The van der Waals surface area contributed by atoms with Gasteiger partial charge in [-0.1, -0.05) is 54.8 Å². The SMILES string of the molecule is COc1ccc(CN(C(=O)CN(c2ccc(OC)c(Cl)c2)S(=O)(=O)c2ccccc2)[C@@H](C)C(=O)NC2CCCC2)cc1. The molecule has 11 heteroatoms. The molecule has 0 unspecified atom stereocenters. The predicted molar refractivity (Wildman–Crippen MR) is 162 cm³/mol. The minimum atomic E-state index is -4.20. The van der Waals surface area contributed by atoms with Crippen molar-refractivity contribution < 1.29 is 27.5 Å². The molecule has 1 N–H and O–H groups in total. The Morgan fingerprint density at radius 1 is 0.976 bits per heavy atom. The highest BCUT2D eigenvalue weighted by Crippen LogP contribution is 2.32. The first-order valence-electron chi connectivity index (χ1n) is 13.8. The van der Waals surface area contributed by atoms with Crippen molar-refractivity contribution in [2.24, 2.45) is 0 Å². The van der Waals surface area contributed by atoms with Crippen LogP contribution in [-0.4, -0.2) is 58.0 Å². The lowest BCUT2D eigenvalue weighted by Gasteiger charge is -2.32. The average Bonchev–Trinajstić information content (AvgIpc) is 3.52. The molecule has 0 aliphatic heterocycles. The highest BCUT2D eigenvalue weighted by molar-refractivity contribution is 7.92. The van der Waals surface area contributed by atoms with Crippen LogP contribution in [0.25, 0.3) is 0 Å². The van der Waals surface area contributed by atoms with Crippen LogP contribution >= 0.6 is 11.6 Å². The topological polar surface area (TPSA) is 105 Å². The van der Waals surface area contributed by atoms with E-state index in [1.165, 1.54) is 36.3 Å². The summed E-state index contributed by atoms with van der Waals surface area (Å²) >= 11 is 6.37. The molecule has 2 amide bonds. The fourth-order valence-electron chi connectivity index (χ4n) is 4.96. The van der Waals surface area contributed by atoms with Crippen molar-refractivity contribution in [3.8, 4) is 11.5 Å². The van der Waals surface area contributed by atoms with Crippen LogP contribution in [0.4, 0.5) is 5.69 Å². The van der Waals surface area contributed by atoms with E-state index in [1.807, 2.05) is 12.1 Å². The summed E-state index contributed by atoms with van der Waals surface area (Å²) in [6.45, 7) is 1.19. The van der Waals surface area contributed by atoms with E-state index in [0.717, 1.165) is 35.6 Å².